The highest BCUT2D eigenvalue weighted by Gasteiger charge is 2.18. The van der Waals surface area contributed by atoms with E-state index < -0.39 is 7.12 Å². The van der Waals surface area contributed by atoms with E-state index in [2.05, 4.69) is 24.3 Å². The zero-order valence-corrected chi connectivity index (χ0v) is 11.4. The van der Waals surface area contributed by atoms with E-state index in [4.69, 9.17) is 0 Å². The Bertz CT molecular complexity index is 943. The van der Waals surface area contributed by atoms with Gasteiger partial charge >= 0.3 is 7.12 Å². The van der Waals surface area contributed by atoms with Gasteiger partial charge in [0.15, 0.2) is 0 Å². The quantitative estimate of drug-likeness (QED) is 0.526. The molecule has 0 fully saturated rings. The van der Waals surface area contributed by atoms with Gasteiger partial charge in [-0.3, -0.25) is 0 Å². The van der Waals surface area contributed by atoms with Crippen LogP contribution in [0.1, 0.15) is 0 Å². The van der Waals surface area contributed by atoms with Crippen molar-refractivity contribution >= 4 is 54.9 Å². The summed E-state index contributed by atoms with van der Waals surface area (Å²) in [5.74, 6) is 0. The van der Waals surface area contributed by atoms with Crippen molar-refractivity contribution in [1.29, 1.82) is 0 Å². The van der Waals surface area contributed by atoms with Crippen molar-refractivity contribution in [2.75, 3.05) is 0 Å². The van der Waals surface area contributed by atoms with Crippen LogP contribution in [0.25, 0.3) is 30.9 Å². The van der Waals surface area contributed by atoms with Crippen LogP contribution in [0.2, 0.25) is 0 Å². The molecule has 20 heavy (non-hydrogen) atoms. The van der Waals surface area contributed by atoms with Crippen LogP contribution in [0.3, 0.4) is 0 Å². The van der Waals surface area contributed by atoms with Crippen molar-refractivity contribution in [2.45, 2.75) is 0 Å². The van der Waals surface area contributed by atoms with Crippen LogP contribution in [0, 0.1) is 0 Å². The minimum atomic E-state index is -1.44. The third-order valence-electron chi connectivity index (χ3n) is 3.67. The highest BCUT2D eigenvalue weighted by molar-refractivity contribution is 7.26. The first-order valence-corrected chi connectivity index (χ1v) is 7.26. The van der Waals surface area contributed by atoms with E-state index >= 15 is 0 Å². The molecule has 2 N–H and O–H groups in total. The van der Waals surface area contributed by atoms with E-state index in [9.17, 15) is 10.0 Å². The summed E-state index contributed by atoms with van der Waals surface area (Å²) < 4.78 is 2.26. The van der Waals surface area contributed by atoms with Crippen LogP contribution >= 0.6 is 11.3 Å². The van der Waals surface area contributed by atoms with Gasteiger partial charge in [0, 0.05) is 20.2 Å². The van der Waals surface area contributed by atoms with E-state index in [0.29, 0.717) is 5.46 Å². The fourth-order valence-corrected chi connectivity index (χ4v) is 3.92. The van der Waals surface area contributed by atoms with Crippen molar-refractivity contribution < 1.29 is 10.0 Å². The standard InChI is InChI=1S/C16H11BO2S/c18-17(19)13-6-3-7-14-16(13)12-8-10-4-1-2-5-11(10)9-15(12)20-14/h1-9,18-19H. The van der Waals surface area contributed by atoms with E-state index in [1.807, 2.05) is 24.3 Å². The van der Waals surface area contributed by atoms with Gasteiger partial charge in [-0.05, 0) is 34.4 Å². The largest absolute Gasteiger partial charge is 0.489 e. The van der Waals surface area contributed by atoms with Gasteiger partial charge in [0.25, 0.3) is 0 Å². The lowest BCUT2D eigenvalue weighted by Crippen LogP contribution is -2.30. The lowest BCUT2D eigenvalue weighted by molar-refractivity contribution is 0.426. The van der Waals surface area contributed by atoms with Crippen LogP contribution < -0.4 is 5.46 Å². The summed E-state index contributed by atoms with van der Waals surface area (Å²) in [6, 6.07) is 18.2. The van der Waals surface area contributed by atoms with Crippen LogP contribution in [-0.2, 0) is 0 Å². The van der Waals surface area contributed by atoms with Crippen LogP contribution in [0.4, 0.5) is 0 Å². The highest BCUT2D eigenvalue weighted by Crippen LogP contribution is 2.35. The third kappa shape index (κ3) is 1.66. The van der Waals surface area contributed by atoms with Gasteiger partial charge in [0.2, 0.25) is 0 Å². The number of hydrogen-bond donors (Lipinski definition) is 2. The summed E-state index contributed by atoms with van der Waals surface area (Å²) in [7, 11) is -1.44. The Labute approximate surface area is 120 Å². The van der Waals surface area contributed by atoms with Crippen LogP contribution in [-0.4, -0.2) is 17.2 Å². The molecule has 0 atom stereocenters. The second-order valence-corrected chi connectivity index (χ2v) is 5.98. The molecule has 3 aromatic carbocycles. The van der Waals surface area contributed by atoms with E-state index in [-0.39, 0.29) is 0 Å². The Morgan fingerprint density at radius 1 is 0.800 bits per heavy atom. The smallest absolute Gasteiger partial charge is 0.423 e. The Balaban J connectivity index is 2.22. The number of thiophene rings is 1. The summed E-state index contributed by atoms with van der Waals surface area (Å²) in [6.45, 7) is 0. The maximum absolute atomic E-state index is 9.57. The first-order chi connectivity index (χ1) is 9.74. The zero-order chi connectivity index (χ0) is 13.7. The number of rotatable bonds is 1. The van der Waals surface area contributed by atoms with Crippen LogP contribution in [0.5, 0.6) is 0 Å². The SMILES string of the molecule is OB(O)c1cccc2sc3cc4ccccc4cc3c12. The molecule has 0 saturated heterocycles. The lowest BCUT2D eigenvalue weighted by atomic mass is 9.77. The van der Waals surface area contributed by atoms with E-state index in [1.54, 1.807) is 17.4 Å². The Morgan fingerprint density at radius 2 is 1.55 bits per heavy atom. The van der Waals surface area contributed by atoms with Gasteiger partial charge in [0.05, 0.1) is 0 Å². The number of hydrogen-bond acceptors (Lipinski definition) is 3. The number of fused-ring (bicyclic) bond motifs is 4. The normalized spacial score (nSPS) is 11.5. The predicted octanol–water partition coefficient (Wildman–Crippen LogP) is 2.89. The molecule has 0 aliphatic heterocycles. The van der Waals surface area contributed by atoms with Gasteiger partial charge in [-0.1, -0.05) is 36.4 Å². The highest BCUT2D eigenvalue weighted by atomic mass is 32.1. The molecule has 0 aliphatic rings. The fraction of sp³-hybridized carbons (Fsp3) is 0. The van der Waals surface area contributed by atoms with E-state index in [0.717, 1.165) is 15.5 Å². The molecular formula is C16H11BO2S. The average molecular weight is 278 g/mol. The maximum atomic E-state index is 9.57. The van der Waals surface area contributed by atoms with Gasteiger partial charge in [-0.2, -0.15) is 0 Å². The monoisotopic (exact) mass is 278 g/mol. The summed E-state index contributed by atoms with van der Waals surface area (Å²) in [6.07, 6.45) is 0. The van der Waals surface area contributed by atoms with Gasteiger partial charge < -0.3 is 10.0 Å². The van der Waals surface area contributed by atoms with Crippen molar-refractivity contribution in [3.63, 3.8) is 0 Å². The molecule has 0 bridgehead atoms. The molecule has 1 heterocycles. The first kappa shape index (κ1) is 11.9. The summed E-state index contributed by atoms with van der Waals surface area (Å²) in [5.41, 5.74) is 0.573. The third-order valence-corrected chi connectivity index (χ3v) is 4.79. The minimum Gasteiger partial charge on any atom is -0.423 e. The molecule has 0 spiro atoms. The topological polar surface area (TPSA) is 40.5 Å². The summed E-state index contributed by atoms with van der Waals surface area (Å²) in [4.78, 5) is 0. The molecule has 96 valence electrons. The molecule has 0 aliphatic carbocycles. The molecule has 2 nitrogen and oxygen atoms in total. The molecule has 0 saturated carbocycles. The second kappa shape index (κ2) is 4.31. The molecule has 1 aromatic heterocycles. The minimum absolute atomic E-state index is 0.573. The van der Waals surface area contributed by atoms with Gasteiger partial charge in [-0.25, -0.2) is 0 Å². The summed E-state index contributed by atoms with van der Waals surface area (Å²) >= 11 is 1.69. The Kier molecular flexibility index (Phi) is 2.57. The summed E-state index contributed by atoms with van der Waals surface area (Å²) in [5, 5.41) is 23.6. The van der Waals surface area contributed by atoms with Gasteiger partial charge in [0.1, 0.15) is 0 Å². The molecular weight excluding hydrogens is 267 g/mol. The van der Waals surface area contributed by atoms with Crippen molar-refractivity contribution in [1.82, 2.24) is 0 Å². The average Bonchev–Trinajstić information content (AvgIpc) is 2.82. The predicted molar refractivity (Wildman–Crippen MR) is 86.7 cm³/mol. The molecule has 0 amide bonds. The molecule has 4 aromatic rings. The van der Waals surface area contributed by atoms with E-state index in [1.165, 1.54) is 15.5 Å². The van der Waals surface area contributed by atoms with Crippen molar-refractivity contribution in [2.24, 2.45) is 0 Å². The molecule has 0 radical (unpaired) electrons. The Morgan fingerprint density at radius 3 is 2.30 bits per heavy atom. The van der Waals surface area contributed by atoms with Crippen molar-refractivity contribution in [3.05, 3.63) is 54.6 Å². The lowest BCUT2D eigenvalue weighted by Gasteiger charge is -2.03. The Hall–Kier alpha value is -1.88. The van der Waals surface area contributed by atoms with Gasteiger partial charge in [-0.15, -0.1) is 11.3 Å². The fourth-order valence-electron chi connectivity index (χ4n) is 2.75. The second-order valence-electron chi connectivity index (χ2n) is 4.89. The maximum Gasteiger partial charge on any atom is 0.489 e. The molecule has 4 heteroatoms. The first-order valence-electron chi connectivity index (χ1n) is 6.44. The molecule has 0 unspecified atom stereocenters. The number of benzene rings is 3. The van der Waals surface area contributed by atoms with Crippen LogP contribution in [0.15, 0.2) is 54.6 Å². The zero-order valence-electron chi connectivity index (χ0n) is 10.6. The molecule has 4 rings (SSSR count). The van der Waals surface area contributed by atoms with Crippen molar-refractivity contribution in [3.8, 4) is 0 Å².